The normalized spacial score (nSPS) is 14.9. The Labute approximate surface area is 191 Å². The van der Waals surface area contributed by atoms with Crippen LogP contribution in [0.25, 0.3) is 0 Å². The largest absolute Gasteiger partial charge is 0.491 e. The molecule has 0 aromatic heterocycles. The molecule has 2 rings (SSSR count). The molecule has 0 saturated carbocycles. The fourth-order valence-electron chi connectivity index (χ4n) is 3.14. The molecule has 0 radical (unpaired) electrons. The summed E-state index contributed by atoms with van der Waals surface area (Å²) < 4.78 is 10.7. The molecule has 0 bridgehead atoms. The van der Waals surface area contributed by atoms with E-state index in [-0.39, 0.29) is 36.2 Å². The zero-order valence-corrected chi connectivity index (χ0v) is 20.3. The topological polar surface area (TPSA) is 75.2 Å². The average molecular weight is 518 g/mol. The van der Waals surface area contributed by atoms with E-state index in [9.17, 15) is 4.79 Å². The number of carbonyl (C=O) groups is 1. The van der Waals surface area contributed by atoms with E-state index in [1.807, 2.05) is 32.9 Å². The number of ether oxygens (including phenoxy) is 2. The Morgan fingerprint density at radius 1 is 1.24 bits per heavy atom. The molecular weight excluding hydrogens is 483 g/mol. The standard InChI is InChI=1S/C21H34N4O3.HI/c1-5-27-21(26)25-14-11-18(12-15-25)24-20(22-4)23-13-10-17-6-8-19(9-7-17)28-16(2)3;/h6-9,16,18H,5,10-15H2,1-4H3,(H2,22,23,24);1H. The lowest BCUT2D eigenvalue weighted by molar-refractivity contribution is 0.0963. The van der Waals surface area contributed by atoms with E-state index in [1.165, 1.54) is 5.56 Å². The van der Waals surface area contributed by atoms with Crippen molar-refractivity contribution in [2.45, 2.75) is 52.2 Å². The summed E-state index contributed by atoms with van der Waals surface area (Å²) in [7, 11) is 1.78. The molecule has 1 heterocycles. The Morgan fingerprint density at radius 2 is 1.90 bits per heavy atom. The van der Waals surface area contributed by atoms with Crippen LogP contribution in [0.15, 0.2) is 29.3 Å². The Kier molecular flexibility index (Phi) is 11.8. The monoisotopic (exact) mass is 518 g/mol. The number of piperidine rings is 1. The maximum atomic E-state index is 11.8. The zero-order chi connectivity index (χ0) is 20.4. The van der Waals surface area contributed by atoms with E-state index in [2.05, 4.69) is 27.8 Å². The number of hydrogen-bond donors (Lipinski definition) is 2. The molecule has 0 aliphatic carbocycles. The summed E-state index contributed by atoms with van der Waals surface area (Å²) in [6.45, 7) is 8.51. The summed E-state index contributed by atoms with van der Waals surface area (Å²) in [5.74, 6) is 1.70. The fraction of sp³-hybridized carbons (Fsp3) is 0.619. The van der Waals surface area contributed by atoms with Crippen molar-refractivity contribution >= 4 is 36.0 Å². The molecule has 0 unspecified atom stereocenters. The van der Waals surface area contributed by atoms with Crippen LogP contribution < -0.4 is 15.4 Å². The summed E-state index contributed by atoms with van der Waals surface area (Å²) in [6.07, 6.45) is 2.65. The maximum Gasteiger partial charge on any atom is 0.409 e. The van der Waals surface area contributed by atoms with Gasteiger partial charge in [0, 0.05) is 32.7 Å². The lowest BCUT2D eigenvalue weighted by Gasteiger charge is -2.32. The van der Waals surface area contributed by atoms with E-state index in [4.69, 9.17) is 9.47 Å². The van der Waals surface area contributed by atoms with Gasteiger partial charge in [-0.2, -0.15) is 0 Å². The minimum absolute atomic E-state index is 0. The van der Waals surface area contributed by atoms with Crippen LogP contribution in [0.5, 0.6) is 5.75 Å². The highest BCUT2D eigenvalue weighted by Gasteiger charge is 2.23. The van der Waals surface area contributed by atoms with Gasteiger partial charge in [0.05, 0.1) is 12.7 Å². The van der Waals surface area contributed by atoms with Gasteiger partial charge < -0.3 is 25.0 Å². The van der Waals surface area contributed by atoms with Crippen LogP contribution in [0.1, 0.15) is 39.2 Å². The van der Waals surface area contributed by atoms with Crippen molar-refractivity contribution in [3.8, 4) is 5.75 Å². The molecule has 1 aromatic carbocycles. The van der Waals surface area contributed by atoms with Crippen molar-refractivity contribution in [3.05, 3.63) is 29.8 Å². The van der Waals surface area contributed by atoms with Crippen molar-refractivity contribution in [2.24, 2.45) is 4.99 Å². The lowest BCUT2D eigenvalue weighted by Crippen LogP contribution is -2.50. The first-order valence-electron chi connectivity index (χ1n) is 10.2. The highest BCUT2D eigenvalue weighted by molar-refractivity contribution is 14.0. The van der Waals surface area contributed by atoms with Crippen molar-refractivity contribution < 1.29 is 14.3 Å². The van der Waals surface area contributed by atoms with Gasteiger partial charge in [-0.3, -0.25) is 4.99 Å². The Balaban J connectivity index is 0.00000420. The second-order valence-corrected chi connectivity index (χ2v) is 7.16. The third-order valence-electron chi connectivity index (χ3n) is 4.59. The number of hydrogen-bond acceptors (Lipinski definition) is 4. The lowest BCUT2D eigenvalue weighted by atomic mass is 10.1. The first kappa shape index (κ1) is 25.3. The van der Waals surface area contributed by atoms with Crippen LogP contribution in [-0.4, -0.2) is 62.4 Å². The van der Waals surface area contributed by atoms with Gasteiger partial charge in [0.2, 0.25) is 0 Å². The average Bonchev–Trinajstić information content (AvgIpc) is 2.69. The van der Waals surface area contributed by atoms with Crippen LogP contribution in [0.2, 0.25) is 0 Å². The van der Waals surface area contributed by atoms with Crippen LogP contribution in [-0.2, 0) is 11.2 Å². The van der Waals surface area contributed by atoms with Gasteiger partial charge in [-0.25, -0.2) is 4.79 Å². The number of rotatable bonds is 7. The second kappa shape index (κ2) is 13.5. The van der Waals surface area contributed by atoms with E-state index in [1.54, 1.807) is 11.9 Å². The summed E-state index contributed by atoms with van der Waals surface area (Å²) in [4.78, 5) is 17.9. The molecule has 164 valence electrons. The van der Waals surface area contributed by atoms with Gasteiger partial charge in [0.25, 0.3) is 0 Å². The van der Waals surface area contributed by atoms with Crippen molar-refractivity contribution in [1.29, 1.82) is 0 Å². The van der Waals surface area contributed by atoms with Crippen LogP contribution in [0, 0.1) is 0 Å². The number of likely N-dealkylation sites (tertiary alicyclic amines) is 1. The molecule has 1 amide bonds. The Bertz CT molecular complexity index is 629. The molecule has 0 spiro atoms. The number of carbonyl (C=O) groups excluding carboxylic acids is 1. The smallest absolute Gasteiger partial charge is 0.409 e. The van der Waals surface area contributed by atoms with Gasteiger partial charge in [-0.1, -0.05) is 12.1 Å². The first-order valence-corrected chi connectivity index (χ1v) is 10.2. The molecular formula is C21H35IN4O3. The predicted octanol–water partition coefficient (Wildman–Crippen LogP) is 3.42. The van der Waals surface area contributed by atoms with Gasteiger partial charge in [0.1, 0.15) is 5.75 Å². The van der Waals surface area contributed by atoms with E-state index in [0.29, 0.717) is 25.7 Å². The Morgan fingerprint density at radius 3 is 2.45 bits per heavy atom. The summed E-state index contributed by atoms with van der Waals surface area (Å²) in [5.41, 5.74) is 1.25. The SMILES string of the molecule is CCOC(=O)N1CCC(NC(=NC)NCCc2ccc(OC(C)C)cc2)CC1.I. The second-order valence-electron chi connectivity index (χ2n) is 7.16. The first-order chi connectivity index (χ1) is 13.5. The third kappa shape index (κ3) is 9.10. The van der Waals surface area contributed by atoms with Crippen molar-refractivity contribution in [1.82, 2.24) is 15.5 Å². The van der Waals surface area contributed by atoms with E-state index >= 15 is 0 Å². The van der Waals surface area contributed by atoms with E-state index < -0.39 is 0 Å². The molecule has 1 aliphatic heterocycles. The predicted molar refractivity (Wildman–Crippen MR) is 127 cm³/mol. The number of nitrogens with zero attached hydrogens (tertiary/aromatic N) is 2. The minimum atomic E-state index is -0.215. The van der Waals surface area contributed by atoms with Crippen LogP contribution in [0.3, 0.4) is 0 Å². The van der Waals surface area contributed by atoms with Gasteiger partial charge in [0.15, 0.2) is 5.96 Å². The molecule has 2 N–H and O–H groups in total. The van der Waals surface area contributed by atoms with Crippen LogP contribution in [0.4, 0.5) is 4.79 Å². The van der Waals surface area contributed by atoms with Gasteiger partial charge in [-0.15, -0.1) is 24.0 Å². The van der Waals surface area contributed by atoms with Gasteiger partial charge in [-0.05, 0) is 57.7 Å². The van der Waals surface area contributed by atoms with Gasteiger partial charge >= 0.3 is 6.09 Å². The zero-order valence-electron chi connectivity index (χ0n) is 17.9. The molecule has 7 nitrogen and oxygen atoms in total. The number of benzene rings is 1. The number of guanidine groups is 1. The molecule has 1 saturated heterocycles. The number of halogens is 1. The molecule has 1 aromatic rings. The summed E-state index contributed by atoms with van der Waals surface area (Å²) >= 11 is 0. The highest BCUT2D eigenvalue weighted by Crippen LogP contribution is 2.14. The minimum Gasteiger partial charge on any atom is -0.491 e. The van der Waals surface area contributed by atoms with Crippen molar-refractivity contribution in [3.63, 3.8) is 0 Å². The van der Waals surface area contributed by atoms with Crippen molar-refractivity contribution in [2.75, 3.05) is 33.3 Å². The fourth-order valence-corrected chi connectivity index (χ4v) is 3.14. The van der Waals surface area contributed by atoms with E-state index in [0.717, 1.165) is 37.5 Å². The molecule has 8 heteroatoms. The number of amides is 1. The molecule has 29 heavy (non-hydrogen) atoms. The maximum absolute atomic E-state index is 11.8. The molecule has 1 aliphatic rings. The highest BCUT2D eigenvalue weighted by atomic mass is 127. The Hall–Kier alpha value is -1.71. The third-order valence-corrected chi connectivity index (χ3v) is 4.59. The number of nitrogens with one attached hydrogen (secondary N) is 2. The molecule has 0 atom stereocenters. The summed E-state index contributed by atoms with van der Waals surface area (Å²) in [6, 6.07) is 8.53. The molecule has 1 fully saturated rings. The number of aliphatic imine (C=N–C) groups is 1. The van der Waals surface area contributed by atoms with Crippen LogP contribution >= 0.6 is 24.0 Å². The summed E-state index contributed by atoms with van der Waals surface area (Å²) in [5, 5.41) is 6.82. The quantitative estimate of drug-likeness (QED) is 0.329.